The van der Waals surface area contributed by atoms with Crippen molar-refractivity contribution in [2.24, 2.45) is 5.84 Å². The summed E-state index contributed by atoms with van der Waals surface area (Å²) in [5, 5.41) is -0.142. The number of benzene rings is 2. The predicted octanol–water partition coefficient (Wildman–Crippen LogP) is 3.62. The molecular weight excluding hydrogens is 289 g/mol. The van der Waals surface area contributed by atoms with Crippen molar-refractivity contribution < 1.29 is 13.2 Å². The van der Waals surface area contributed by atoms with Crippen molar-refractivity contribution in [3.63, 3.8) is 0 Å². The molecule has 0 aliphatic heterocycles. The maximum atomic E-state index is 14.1. The maximum Gasteiger partial charge on any atom is 0.141 e. The normalized spacial score (nSPS) is 12.5. The maximum absolute atomic E-state index is 14.1. The highest BCUT2D eigenvalue weighted by Crippen LogP contribution is 2.30. The first kappa shape index (κ1) is 14.8. The molecule has 2 nitrogen and oxygen atoms in total. The molecule has 1 unspecified atom stereocenters. The zero-order chi connectivity index (χ0) is 14.9. The van der Waals surface area contributed by atoms with Crippen molar-refractivity contribution in [3.8, 4) is 0 Å². The number of nitrogens with one attached hydrogen (secondary N) is 1. The van der Waals surface area contributed by atoms with E-state index in [4.69, 9.17) is 17.4 Å². The topological polar surface area (TPSA) is 38.0 Å². The van der Waals surface area contributed by atoms with E-state index in [1.165, 1.54) is 25.1 Å². The fourth-order valence-corrected chi connectivity index (χ4v) is 2.17. The lowest BCUT2D eigenvalue weighted by Gasteiger charge is -2.19. The molecule has 0 aliphatic rings. The van der Waals surface area contributed by atoms with Crippen LogP contribution in [0, 0.1) is 24.4 Å². The Labute approximate surface area is 119 Å². The molecule has 3 N–H and O–H groups in total. The minimum Gasteiger partial charge on any atom is -0.271 e. The van der Waals surface area contributed by atoms with Crippen LogP contribution in [0.1, 0.15) is 22.7 Å². The van der Waals surface area contributed by atoms with E-state index in [2.05, 4.69) is 5.43 Å². The van der Waals surface area contributed by atoms with Crippen molar-refractivity contribution in [2.75, 3.05) is 0 Å². The van der Waals surface area contributed by atoms with Crippen LogP contribution in [0.25, 0.3) is 0 Å². The smallest absolute Gasteiger partial charge is 0.141 e. The van der Waals surface area contributed by atoms with Gasteiger partial charge >= 0.3 is 0 Å². The molecular formula is C14H12ClF3N2. The predicted molar refractivity (Wildman–Crippen MR) is 71.7 cm³/mol. The number of nitrogens with two attached hydrogens (primary N) is 1. The van der Waals surface area contributed by atoms with Crippen molar-refractivity contribution in [1.29, 1.82) is 0 Å². The molecule has 6 heteroatoms. The summed E-state index contributed by atoms with van der Waals surface area (Å²) in [6, 6.07) is 5.29. The minimum atomic E-state index is -0.965. The summed E-state index contributed by atoms with van der Waals surface area (Å²) >= 11 is 5.68. The van der Waals surface area contributed by atoms with Gasteiger partial charge in [0.15, 0.2) is 0 Å². The van der Waals surface area contributed by atoms with Gasteiger partial charge < -0.3 is 0 Å². The van der Waals surface area contributed by atoms with Gasteiger partial charge in [-0.15, -0.1) is 0 Å². The highest BCUT2D eigenvalue weighted by molar-refractivity contribution is 6.30. The lowest BCUT2D eigenvalue weighted by molar-refractivity contribution is 0.506. The average molecular weight is 301 g/mol. The first-order chi connectivity index (χ1) is 9.45. The van der Waals surface area contributed by atoms with Gasteiger partial charge in [-0.1, -0.05) is 23.7 Å². The van der Waals surface area contributed by atoms with Gasteiger partial charge in [-0.25, -0.2) is 18.6 Å². The third kappa shape index (κ3) is 2.65. The summed E-state index contributed by atoms with van der Waals surface area (Å²) in [5.74, 6) is 3.34. The monoisotopic (exact) mass is 300 g/mol. The Kier molecular flexibility index (Phi) is 4.32. The number of hydrogen-bond acceptors (Lipinski definition) is 2. The molecule has 1 atom stereocenters. The second kappa shape index (κ2) is 5.83. The van der Waals surface area contributed by atoms with Gasteiger partial charge in [-0.05, 0) is 36.2 Å². The summed E-state index contributed by atoms with van der Waals surface area (Å²) in [6.07, 6.45) is 0. The molecule has 0 heterocycles. The van der Waals surface area contributed by atoms with E-state index in [-0.39, 0.29) is 16.1 Å². The number of rotatable bonds is 3. The highest BCUT2D eigenvalue weighted by atomic mass is 35.5. The fourth-order valence-electron chi connectivity index (χ4n) is 1.98. The zero-order valence-corrected chi connectivity index (χ0v) is 11.3. The van der Waals surface area contributed by atoms with Gasteiger partial charge in [0.2, 0.25) is 0 Å². The molecule has 0 saturated heterocycles. The molecule has 2 aromatic carbocycles. The summed E-state index contributed by atoms with van der Waals surface area (Å²) in [6.45, 7) is 1.52. The number of hydrazine groups is 1. The van der Waals surface area contributed by atoms with Crippen LogP contribution in [-0.2, 0) is 0 Å². The van der Waals surface area contributed by atoms with Crippen molar-refractivity contribution in [3.05, 3.63) is 69.5 Å². The first-order valence-electron chi connectivity index (χ1n) is 5.81. The van der Waals surface area contributed by atoms with E-state index in [9.17, 15) is 13.2 Å². The molecule has 2 aromatic rings. The summed E-state index contributed by atoms with van der Waals surface area (Å²) < 4.78 is 41.2. The van der Waals surface area contributed by atoms with Gasteiger partial charge in [-0.3, -0.25) is 5.84 Å². The van der Waals surface area contributed by atoms with E-state index in [0.717, 1.165) is 12.1 Å². The van der Waals surface area contributed by atoms with Gasteiger partial charge in [-0.2, -0.15) is 0 Å². The Morgan fingerprint density at radius 2 is 1.75 bits per heavy atom. The summed E-state index contributed by atoms with van der Waals surface area (Å²) in [7, 11) is 0. The Hall–Kier alpha value is -1.56. The number of halogens is 4. The quantitative estimate of drug-likeness (QED) is 0.671. The zero-order valence-electron chi connectivity index (χ0n) is 10.6. The molecule has 0 saturated carbocycles. The fraction of sp³-hybridized carbons (Fsp3) is 0.143. The summed E-state index contributed by atoms with van der Waals surface area (Å²) in [4.78, 5) is 0. The van der Waals surface area contributed by atoms with Crippen LogP contribution in [-0.4, -0.2) is 0 Å². The third-order valence-corrected chi connectivity index (χ3v) is 3.34. The van der Waals surface area contributed by atoms with E-state index >= 15 is 0 Å². The lowest BCUT2D eigenvalue weighted by atomic mass is 9.96. The second-order valence-electron chi connectivity index (χ2n) is 4.37. The number of hydrogen-bond donors (Lipinski definition) is 2. The molecule has 106 valence electrons. The van der Waals surface area contributed by atoms with Crippen LogP contribution >= 0.6 is 11.6 Å². The summed E-state index contributed by atoms with van der Waals surface area (Å²) in [5.41, 5.74) is 2.75. The van der Waals surface area contributed by atoms with Gasteiger partial charge in [0.25, 0.3) is 0 Å². The first-order valence-corrected chi connectivity index (χ1v) is 6.19. The molecule has 0 fully saturated rings. The molecule has 2 rings (SSSR count). The lowest BCUT2D eigenvalue weighted by Crippen LogP contribution is -2.30. The Morgan fingerprint density at radius 3 is 2.35 bits per heavy atom. The van der Waals surface area contributed by atoms with Crippen LogP contribution in [0.15, 0.2) is 30.3 Å². The molecule has 0 aromatic heterocycles. The van der Waals surface area contributed by atoms with Gasteiger partial charge in [0.05, 0.1) is 11.1 Å². The molecule has 0 amide bonds. The SMILES string of the molecule is Cc1ccc(F)c(C(NN)c2ccc(F)c(Cl)c2)c1F. The second-order valence-corrected chi connectivity index (χ2v) is 4.77. The van der Waals surface area contributed by atoms with E-state index in [1.54, 1.807) is 0 Å². The van der Waals surface area contributed by atoms with Gasteiger partial charge in [0.1, 0.15) is 17.5 Å². The third-order valence-electron chi connectivity index (χ3n) is 3.05. The Morgan fingerprint density at radius 1 is 1.10 bits per heavy atom. The van der Waals surface area contributed by atoms with E-state index in [1.807, 2.05) is 0 Å². The van der Waals surface area contributed by atoms with Gasteiger partial charge in [0, 0.05) is 5.56 Å². The largest absolute Gasteiger partial charge is 0.271 e. The van der Waals surface area contributed by atoms with Crippen LogP contribution < -0.4 is 11.3 Å². The van der Waals surface area contributed by atoms with E-state index < -0.39 is 23.5 Å². The van der Waals surface area contributed by atoms with Crippen molar-refractivity contribution in [1.82, 2.24) is 5.43 Å². The Bertz CT molecular complexity index is 647. The van der Waals surface area contributed by atoms with Crippen LogP contribution in [0.5, 0.6) is 0 Å². The van der Waals surface area contributed by atoms with E-state index in [0.29, 0.717) is 5.56 Å². The minimum absolute atomic E-state index is 0.142. The Balaban J connectivity index is 2.58. The van der Waals surface area contributed by atoms with Crippen LogP contribution in [0.3, 0.4) is 0 Å². The molecule has 0 spiro atoms. The standard InChI is InChI=1S/C14H12ClF3N2/c1-7-2-4-11(17)12(13(7)18)14(20-19)8-3-5-10(16)9(15)6-8/h2-6,14,20H,19H2,1H3. The molecule has 20 heavy (non-hydrogen) atoms. The van der Waals surface area contributed by atoms with Crippen molar-refractivity contribution in [2.45, 2.75) is 13.0 Å². The van der Waals surface area contributed by atoms with Crippen molar-refractivity contribution >= 4 is 11.6 Å². The average Bonchev–Trinajstić information content (AvgIpc) is 2.42. The molecule has 0 bridgehead atoms. The molecule has 0 aliphatic carbocycles. The van der Waals surface area contributed by atoms with Crippen LogP contribution in [0.2, 0.25) is 5.02 Å². The van der Waals surface area contributed by atoms with Crippen LogP contribution in [0.4, 0.5) is 13.2 Å². The number of aryl methyl sites for hydroxylation is 1. The highest BCUT2D eigenvalue weighted by Gasteiger charge is 2.23. The molecule has 0 radical (unpaired) electrons.